The summed E-state index contributed by atoms with van der Waals surface area (Å²) in [7, 11) is 0. The zero-order chi connectivity index (χ0) is 15.3. The highest BCUT2D eigenvalue weighted by Gasteiger charge is 2.42. The zero-order valence-corrected chi connectivity index (χ0v) is 12.6. The minimum absolute atomic E-state index is 0.0577. The number of carbonyl (C=O) groups excluding carboxylic acids is 2. The Balaban J connectivity index is 1.75. The van der Waals surface area contributed by atoms with Crippen LogP contribution in [0.4, 0.5) is 0 Å². The van der Waals surface area contributed by atoms with Crippen LogP contribution >= 0.6 is 0 Å². The summed E-state index contributed by atoms with van der Waals surface area (Å²) in [4.78, 5) is 31.9. The van der Waals surface area contributed by atoms with Gasteiger partial charge >= 0.3 is 0 Å². The number of hydrogen-bond acceptors (Lipinski definition) is 2. The number of benzene rings is 1. The Morgan fingerprint density at radius 2 is 2.05 bits per heavy atom. The van der Waals surface area contributed by atoms with E-state index in [-0.39, 0.29) is 24.4 Å². The summed E-state index contributed by atoms with van der Waals surface area (Å²) in [6, 6.07) is 7.80. The third kappa shape index (κ3) is 1.85. The molecular weight excluding hydrogens is 278 g/mol. The quantitative estimate of drug-likeness (QED) is 0.917. The number of aromatic nitrogens is 1. The third-order valence-corrected chi connectivity index (χ3v) is 4.74. The van der Waals surface area contributed by atoms with Crippen LogP contribution in [0.2, 0.25) is 0 Å². The van der Waals surface area contributed by atoms with Gasteiger partial charge in [-0.15, -0.1) is 0 Å². The van der Waals surface area contributed by atoms with Crippen molar-refractivity contribution in [1.82, 2.24) is 14.8 Å². The van der Waals surface area contributed by atoms with Gasteiger partial charge in [-0.1, -0.05) is 25.1 Å². The second-order valence-corrected chi connectivity index (χ2v) is 6.13. The van der Waals surface area contributed by atoms with E-state index >= 15 is 0 Å². The molecule has 1 atom stereocenters. The van der Waals surface area contributed by atoms with E-state index in [1.54, 1.807) is 9.80 Å². The Kier molecular flexibility index (Phi) is 2.96. The highest BCUT2D eigenvalue weighted by molar-refractivity contribution is 5.96. The van der Waals surface area contributed by atoms with Crippen molar-refractivity contribution in [3.63, 3.8) is 0 Å². The molecule has 0 saturated carbocycles. The Hall–Kier alpha value is -2.30. The molecule has 1 unspecified atom stereocenters. The lowest BCUT2D eigenvalue weighted by atomic mass is 9.94. The number of aromatic amines is 1. The van der Waals surface area contributed by atoms with Gasteiger partial charge in [-0.2, -0.15) is 0 Å². The first-order valence-corrected chi connectivity index (χ1v) is 7.85. The summed E-state index contributed by atoms with van der Waals surface area (Å²) < 4.78 is 0. The van der Waals surface area contributed by atoms with E-state index in [0.717, 1.165) is 17.6 Å². The topological polar surface area (TPSA) is 56.4 Å². The average Bonchev–Trinajstić information content (AvgIpc) is 2.89. The molecule has 1 N–H and O–H groups in total. The van der Waals surface area contributed by atoms with Crippen LogP contribution in [0.5, 0.6) is 0 Å². The van der Waals surface area contributed by atoms with Crippen molar-refractivity contribution >= 4 is 22.7 Å². The van der Waals surface area contributed by atoms with Crippen LogP contribution < -0.4 is 0 Å². The van der Waals surface area contributed by atoms with Gasteiger partial charge in [0.1, 0.15) is 6.04 Å². The molecule has 1 aromatic heterocycles. The lowest BCUT2D eigenvalue weighted by Crippen LogP contribution is -2.61. The molecule has 1 aromatic carbocycles. The standard InChI is InChI=1S/C17H19N3O2/c1-2-7-19-10-16(21)20-9-14-12(8-15(20)17(19)22)11-5-3-4-6-13(11)18-14/h3-6,15,18H,2,7-10H2,1H3. The van der Waals surface area contributed by atoms with Gasteiger partial charge in [0, 0.05) is 29.6 Å². The zero-order valence-electron chi connectivity index (χ0n) is 12.6. The molecule has 4 rings (SSSR count). The Labute approximate surface area is 128 Å². The molecule has 0 radical (unpaired) electrons. The fourth-order valence-electron chi connectivity index (χ4n) is 3.69. The number of amides is 2. The number of nitrogens with one attached hydrogen (secondary N) is 1. The van der Waals surface area contributed by atoms with Crippen molar-refractivity contribution < 1.29 is 9.59 Å². The summed E-state index contributed by atoms with van der Waals surface area (Å²) in [6.45, 7) is 3.43. The molecule has 2 aliphatic heterocycles. The number of hydrogen-bond donors (Lipinski definition) is 1. The van der Waals surface area contributed by atoms with Crippen LogP contribution in [0.25, 0.3) is 10.9 Å². The first kappa shape index (κ1) is 13.4. The van der Waals surface area contributed by atoms with Crippen molar-refractivity contribution in [3.05, 3.63) is 35.5 Å². The van der Waals surface area contributed by atoms with Crippen LogP contribution in [0.3, 0.4) is 0 Å². The maximum absolute atomic E-state index is 12.7. The molecule has 5 nitrogen and oxygen atoms in total. The summed E-state index contributed by atoms with van der Waals surface area (Å²) in [5.74, 6) is 0.153. The molecule has 0 aliphatic carbocycles. The van der Waals surface area contributed by atoms with Gasteiger partial charge in [-0.25, -0.2) is 0 Å². The molecule has 0 spiro atoms. The maximum Gasteiger partial charge on any atom is 0.246 e. The summed E-state index contributed by atoms with van der Waals surface area (Å²) in [5.41, 5.74) is 3.34. The molecule has 0 bridgehead atoms. The molecule has 1 saturated heterocycles. The number of fused-ring (bicyclic) bond motifs is 4. The molecule has 2 amide bonds. The largest absolute Gasteiger partial charge is 0.357 e. The first-order chi connectivity index (χ1) is 10.7. The lowest BCUT2D eigenvalue weighted by molar-refractivity contribution is -0.157. The number of rotatable bonds is 2. The number of piperazine rings is 1. The number of carbonyl (C=O) groups is 2. The summed E-state index contributed by atoms with van der Waals surface area (Å²) in [5, 5.41) is 1.17. The summed E-state index contributed by atoms with van der Waals surface area (Å²) >= 11 is 0. The Bertz CT molecular complexity index is 764. The van der Waals surface area contributed by atoms with Gasteiger partial charge in [-0.05, 0) is 18.1 Å². The Morgan fingerprint density at radius 3 is 2.86 bits per heavy atom. The highest BCUT2D eigenvalue weighted by Crippen LogP contribution is 2.32. The molecule has 22 heavy (non-hydrogen) atoms. The van der Waals surface area contributed by atoms with E-state index < -0.39 is 0 Å². The predicted octanol–water partition coefficient (Wildman–Crippen LogP) is 1.67. The lowest BCUT2D eigenvalue weighted by Gasteiger charge is -2.42. The van der Waals surface area contributed by atoms with Gasteiger partial charge in [0.25, 0.3) is 0 Å². The second kappa shape index (κ2) is 4.87. The fraction of sp³-hybridized carbons (Fsp3) is 0.412. The number of nitrogens with zero attached hydrogens (tertiary/aromatic N) is 2. The smallest absolute Gasteiger partial charge is 0.246 e. The maximum atomic E-state index is 12.7. The molecule has 5 heteroatoms. The monoisotopic (exact) mass is 297 g/mol. The van der Waals surface area contributed by atoms with Crippen LogP contribution in [0.15, 0.2) is 24.3 Å². The van der Waals surface area contributed by atoms with Gasteiger partial charge in [0.05, 0.1) is 13.1 Å². The normalized spacial score (nSPS) is 21.2. The van der Waals surface area contributed by atoms with E-state index in [4.69, 9.17) is 0 Å². The number of para-hydroxylation sites is 1. The average molecular weight is 297 g/mol. The molecular formula is C17H19N3O2. The predicted molar refractivity (Wildman–Crippen MR) is 83.2 cm³/mol. The van der Waals surface area contributed by atoms with Crippen LogP contribution in [-0.4, -0.2) is 45.7 Å². The molecule has 1 fully saturated rings. The van der Waals surface area contributed by atoms with Crippen molar-refractivity contribution in [3.8, 4) is 0 Å². The fourth-order valence-corrected chi connectivity index (χ4v) is 3.69. The molecule has 114 valence electrons. The SMILES string of the molecule is CCCN1CC(=O)N2Cc3[nH]c4ccccc4c3CC2C1=O. The van der Waals surface area contributed by atoms with Gasteiger partial charge in [0.15, 0.2) is 0 Å². The van der Waals surface area contributed by atoms with Gasteiger partial charge < -0.3 is 14.8 Å². The second-order valence-electron chi connectivity index (χ2n) is 6.13. The van der Waals surface area contributed by atoms with Crippen molar-refractivity contribution in [2.75, 3.05) is 13.1 Å². The van der Waals surface area contributed by atoms with E-state index in [9.17, 15) is 9.59 Å². The first-order valence-electron chi connectivity index (χ1n) is 7.85. The van der Waals surface area contributed by atoms with E-state index in [2.05, 4.69) is 11.1 Å². The Morgan fingerprint density at radius 1 is 1.23 bits per heavy atom. The third-order valence-electron chi connectivity index (χ3n) is 4.74. The van der Waals surface area contributed by atoms with E-state index in [0.29, 0.717) is 19.5 Å². The van der Waals surface area contributed by atoms with E-state index in [1.807, 2.05) is 25.1 Å². The number of H-pyrrole nitrogens is 1. The van der Waals surface area contributed by atoms with Crippen molar-refractivity contribution in [1.29, 1.82) is 0 Å². The van der Waals surface area contributed by atoms with Crippen LogP contribution in [-0.2, 0) is 22.6 Å². The van der Waals surface area contributed by atoms with Crippen molar-refractivity contribution in [2.24, 2.45) is 0 Å². The van der Waals surface area contributed by atoms with Crippen molar-refractivity contribution in [2.45, 2.75) is 32.4 Å². The van der Waals surface area contributed by atoms with Gasteiger partial charge in [0.2, 0.25) is 11.8 Å². The molecule has 2 aliphatic rings. The minimum atomic E-state index is -0.334. The summed E-state index contributed by atoms with van der Waals surface area (Å²) in [6.07, 6.45) is 1.49. The van der Waals surface area contributed by atoms with Crippen LogP contribution in [0.1, 0.15) is 24.6 Å². The molecule has 2 aromatic rings. The highest BCUT2D eigenvalue weighted by atomic mass is 16.2. The van der Waals surface area contributed by atoms with Crippen LogP contribution in [0, 0.1) is 0 Å². The van der Waals surface area contributed by atoms with E-state index in [1.165, 1.54) is 10.9 Å². The molecule has 3 heterocycles. The minimum Gasteiger partial charge on any atom is -0.357 e. The van der Waals surface area contributed by atoms with Gasteiger partial charge in [-0.3, -0.25) is 9.59 Å².